The minimum Gasteiger partial charge on any atom is -0.375 e. The summed E-state index contributed by atoms with van der Waals surface area (Å²) in [5.74, 6) is -1.70. The summed E-state index contributed by atoms with van der Waals surface area (Å²) < 4.78 is 28.0. The summed E-state index contributed by atoms with van der Waals surface area (Å²) in [6, 6.07) is 2.37. The van der Waals surface area contributed by atoms with Gasteiger partial charge in [-0.25, -0.2) is 13.8 Å². The molecular formula is C11H9F2N3. The number of imidazole rings is 1. The molecule has 0 amide bonds. The second-order valence-corrected chi connectivity index (χ2v) is 3.84. The van der Waals surface area contributed by atoms with Gasteiger partial charge in [-0.15, -0.1) is 0 Å². The van der Waals surface area contributed by atoms with Gasteiger partial charge >= 0.3 is 0 Å². The van der Waals surface area contributed by atoms with E-state index in [0.717, 1.165) is 5.69 Å². The Morgan fingerprint density at radius 2 is 2.06 bits per heavy atom. The molecule has 3 rings (SSSR count). The normalized spacial score (nSPS) is 17.6. The van der Waals surface area contributed by atoms with Gasteiger partial charge in [-0.05, 0) is 6.92 Å². The van der Waals surface area contributed by atoms with Crippen LogP contribution in [0.3, 0.4) is 0 Å². The van der Waals surface area contributed by atoms with E-state index in [1.807, 2.05) is 6.92 Å². The van der Waals surface area contributed by atoms with Crippen LogP contribution in [0.25, 0.3) is 5.69 Å². The van der Waals surface area contributed by atoms with Crippen molar-refractivity contribution >= 4 is 5.69 Å². The molecule has 1 atom stereocenters. The zero-order valence-electron chi connectivity index (χ0n) is 8.54. The minimum absolute atomic E-state index is 0.0276. The number of aromatic nitrogens is 2. The Labute approximate surface area is 90.7 Å². The number of nitrogens with one attached hydrogen (secondary N) is 1. The second kappa shape index (κ2) is 3.04. The Morgan fingerprint density at radius 1 is 1.31 bits per heavy atom. The number of hydrogen-bond acceptors (Lipinski definition) is 2. The molecule has 0 unspecified atom stereocenters. The number of rotatable bonds is 0. The minimum atomic E-state index is -0.852. The number of benzene rings is 1. The van der Waals surface area contributed by atoms with Crippen LogP contribution >= 0.6 is 0 Å². The van der Waals surface area contributed by atoms with Gasteiger partial charge in [-0.2, -0.15) is 0 Å². The zero-order valence-corrected chi connectivity index (χ0v) is 8.54. The molecule has 0 aliphatic carbocycles. The highest BCUT2D eigenvalue weighted by molar-refractivity contribution is 5.65. The van der Waals surface area contributed by atoms with Crippen molar-refractivity contribution in [3.05, 3.63) is 42.0 Å². The Balaban J connectivity index is 2.28. The first-order valence-electron chi connectivity index (χ1n) is 4.95. The molecule has 0 fully saturated rings. The fourth-order valence-corrected chi connectivity index (χ4v) is 1.99. The summed E-state index contributed by atoms with van der Waals surface area (Å²) in [7, 11) is 0. The SMILES string of the molecule is C[C@@H]1Nc2cc(F)c(F)cc2-n2cncc21. The lowest BCUT2D eigenvalue weighted by Crippen LogP contribution is -2.19. The van der Waals surface area contributed by atoms with Crippen molar-refractivity contribution in [3.63, 3.8) is 0 Å². The number of fused-ring (bicyclic) bond motifs is 3. The van der Waals surface area contributed by atoms with Crippen LogP contribution in [0.2, 0.25) is 0 Å². The fourth-order valence-electron chi connectivity index (χ4n) is 1.99. The van der Waals surface area contributed by atoms with Gasteiger partial charge in [-0.1, -0.05) is 0 Å². The van der Waals surface area contributed by atoms with E-state index in [0.29, 0.717) is 11.4 Å². The van der Waals surface area contributed by atoms with E-state index in [4.69, 9.17) is 0 Å². The maximum absolute atomic E-state index is 13.2. The van der Waals surface area contributed by atoms with E-state index in [-0.39, 0.29) is 6.04 Å². The van der Waals surface area contributed by atoms with E-state index >= 15 is 0 Å². The molecule has 1 aromatic carbocycles. The number of halogens is 2. The van der Waals surface area contributed by atoms with Crippen molar-refractivity contribution in [1.82, 2.24) is 9.55 Å². The average Bonchev–Trinajstić information content (AvgIpc) is 2.71. The van der Waals surface area contributed by atoms with Crippen LogP contribution < -0.4 is 5.32 Å². The Bertz CT molecular complexity index is 562. The molecule has 2 heterocycles. The topological polar surface area (TPSA) is 29.9 Å². The summed E-state index contributed by atoms with van der Waals surface area (Å²) in [5.41, 5.74) is 2.10. The quantitative estimate of drug-likeness (QED) is 0.741. The van der Waals surface area contributed by atoms with Crippen molar-refractivity contribution < 1.29 is 8.78 Å². The number of nitrogens with zero attached hydrogens (tertiary/aromatic N) is 2. The van der Waals surface area contributed by atoms with Crippen LogP contribution in [0, 0.1) is 11.6 Å². The molecule has 1 N–H and O–H groups in total. The molecule has 2 aromatic rings. The Kier molecular flexibility index (Phi) is 1.77. The monoisotopic (exact) mass is 221 g/mol. The fraction of sp³-hybridized carbons (Fsp3) is 0.182. The molecule has 0 bridgehead atoms. The van der Waals surface area contributed by atoms with Gasteiger partial charge in [0.1, 0.15) is 0 Å². The van der Waals surface area contributed by atoms with Crippen LogP contribution in [0.4, 0.5) is 14.5 Å². The lowest BCUT2D eigenvalue weighted by Gasteiger charge is -2.26. The lowest BCUT2D eigenvalue weighted by atomic mass is 10.1. The molecule has 1 aromatic heterocycles. The third-order valence-electron chi connectivity index (χ3n) is 2.78. The predicted octanol–water partition coefficient (Wildman–Crippen LogP) is 2.64. The Hall–Kier alpha value is -1.91. The van der Waals surface area contributed by atoms with Crippen LogP contribution in [-0.4, -0.2) is 9.55 Å². The van der Waals surface area contributed by atoms with Crippen molar-refractivity contribution in [3.8, 4) is 5.69 Å². The largest absolute Gasteiger partial charge is 0.375 e. The highest BCUT2D eigenvalue weighted by atomic mass is 19.2. The van der Waals surface area contributed by atoms with Gasteiger partial charge in [0.2, 0.25) is 0 Å². The van der Waals surface area contributed by atoms with E-state index in [2.05, 4.69) is 10.3 Å². The first kappa shape index (κ1) is 9.33. The number of hydrogen-bond donors (Lipinski definition) is 1. The molecule has 5 heteroatoms. The van der Waals surface area contributed by atoms with Crippen LogP contribution in [0.1, 0.15) is 18.7 Å². The summed E-state index contributed by atoms with van der Waals surface area (Å²) in [6.45, 7) is 1.94. The first-order valence-corrected chi connectivity index (χ1v) is 4.95. The van der Waals surface area contributed by atoms with E-state index in [1.165, 1.54) is 12.1 Å². The summed E-state index contributed by atoms with van der Waals surface area (Å²) in [5, 5.41) is 3.10. The lowest BCUT2D eigenvalue weighted by molar-refractivity contribution is 0.507. The molecule has 16 heavy (non-hydrogen) atoms. The molecule has 1 aliphatic rings. The van der Waals surface area contributed by atoms with Gasteiger partial charge in [0.05, 0.1) is 35.6 Å². The van der Waals surface area contributed by atoms with Gasteiger partial charge in [0.15, 0.2) is 11.6 Å². The van der Waals surface area contributed by atoms with E-state index in [9.17, 15) is 8.78 Å². The van der Waals surface area contributed by atoms with Crippen molar-refractivity contribution in [2.45, 2.75) is 13.0 Å². The standard InChI is InChI=1S/C11H9F2N3/c1-6-11-4-14-5-16(11)10-3-8(13)7(12)2-9(10)15-6/h2-6,15H,1H3/t6-/m0/s1. The molecule has 3 nitrogen and oxygen atoms in total. The highest BCUT2D eigenvalue weighted by Crippen LogP contribution is 2.33. The average molecular weight is 221 g/mol. The molecule has 1 aliphatic heterocycles. The molecule has 82 valence electrons. The van der Waals surface area contributed by atoms with E-state index < -0.39 is 11.6 Å². The molecule has 0 saturated heterocycles. The van der Waals surface area contributed by atoms with Crippen LogP contribution in [0.15, 0.2) is 24.7 Å². The smallest absolute Gasteiger partial charge is 0.161 e. The first-order chi connectivity index (χ1) is 7.66. The zero-order chi connectivity index (χ0) is 11.3. The number of anilines is 1. The van der Waals surface area contributed by atoms with Gasteiger partial charge in [0, 0.05) is 12.1 Å². The second-order valence-electron chi connectivity index (χ2n) is 3.84. The predicted molar refractivity (Wildman–Crippen MR) is 55.5 cm³/mol. The molecule has 0 radical (unpaired) electrons. The van der Waals surface area contributed by atoms with Crippen molar-refractivity contribution in [1.29, 1.82) is 0 Å². The van der Waals surface area contributed by atoms with Crippen molar-refractivity contribution in [2.24, 2.45) is 0 Å². The Morgan fingerprint density at radius 3 is 2.88 bits per heavy atom. The van der Waals surface area contributed by atoms with E-state index in [1.54, 1.807) is 17.1 Å². The molecule has 0 spiro atoms. The van der Waals surface area contributed by atoms with Crippen LogP contribution in [0.5, 0.6) is 0 Å². The van der Waals surface area contributed by atoms with Crippen molar-refractivity contribution in [2.75, 3.05) is 5.32 Å². The third-order valence-corrected chi connectivity index (χ3v) is 2.78. The summed E-state index contributed by atoms with van der Waals surface area (Å²) in [4.78, 5) is 4.01. The van der Waals surface area contributed by atoms with Gasteiger partial charge < -0.3 is 5.32 Å². The molecule has 0 saturated carbocycles. The van der Waals surface area contributed by atoms with Gasteiger partial charge in [-0.3, -0.25) is 4.57 Å². The molecular weight excluding hydrogens is 212 g/mol. The van der Waals surface area contributed by atoms with Gasteiger partial charge in [0.25, 0.3) is 0 Å². The maximum Gasteiger partial charge on any atom is 0.161 e. The summed E-state index contributed by atoms with van der Waals surface area (Å²) in [6.07, 6.45) is 3.31. The van der Waals surface area contributed by atoms with Crippen LogP contribution in [-0.2, 0) is 0 Å². The third kappa shape index (κ3) is 1.14. The summed E-state index contributed by atoms with van der Waals surface area (Å²) >= 11 is 0. The highest BCUT2D eigenvalue weighted by Gasteiger charge is 2.22. The maximum atomic E-state index is 13.2.